The van der Waals surface area contributed by atoms with Gasteiger partial charge in [-0.1, -0.05) is 13.3 Å². The second-order valence-corrected chi connectivity index (χ2v) is 6.47. The Labute approximate surface area is 168 Å². The van der Waals surface area contributed by atoms with Gasteiger partial charge in [0.25, 0.3) is 0 Å². The number of fused-ring (bicyclic) bond motifs is 1. The Morgan fingerprint density at radius 2 is 1.90 bits per heavy atom. The Bertz CT molecular complexity index is 1050. The van der Waals surface area contributed by atoms with E-state index >= 15 is 0 Å². The highest BCUT2D eigenvalue weighted by atomic mass is 16.5. The summed E-state index contributed by atoms with van der Waals surface area (Å²) in [4.78, 5) is 16.7. The van der Waals surface area contributed by atoms with Crippen molar-refractivity contribution >= 4 is 23.3 Å². The number of aryl methyl sites for hydroxylation is 1. The minimum Gasteiger partial charge on any atom is -0.502 e. The largest absolute Gasteiger partial charge is 0.502 e. The lowest BCUT2D eigenvalue weighted by molar-refractivity contribution is -0.130. The zero-order valence-electron chi connectivity index (χ0n) is 16.5. The highest BCUT2D eigenvalue weighted by Gasteiger charge is 2.18. The number of hydrogen-bond acceptors (Lipinski definition) is 6. The Morgan fingerprint density at radius 1 is 1.21 bits per heavy atom. The van der Waals surface area contributed by atoms with E-state index in [0.29, 0.717) is 16.9 Å². The van der Waals surface area contributed by atoms with Crippen LogP contribution in [0.3, 0.4) is 0 Å². The number of aromatic hydroxyl groups is 1. The number of aromatic nitrogens is 3. The van der Waals surface area contributed by atoms with Gasteiger partial charge in [0.1, 0.15) is 0 Å². The molecule has 8 heteroatoms. The number of unbranched alkanes of at least 4 members (excludes halogenated alkanes) is 1. The Morgan fingerprint density at radius 3 is 2.48 bits per heavy atom. The van der Waals surface area contributed by atoms with Crippen LogP contribution in [0.15, 0.2) is 30.5 Å². The molecule has 0 saturated heterocycles. The van der Waals surface area contributed by atoms with Crippen LogP contribution in [0.4, 0.5) is 0 Å². The van der Waals surface area contributed by atoms with Gasteiger partial charge < -0.3 is 19.7 Å². The Hall–Kier alpha value is -3.55. The third-order valence-corrected chi connectivity index (χ3v) is 4.52. The molecule has 0 atom stereocenters. The van der Waals surface area contributed by atoms with Crippen molar-refractivity contribution in [2.75, 3.05) is 14.2 Å². The van der Waals surface area contributed by atoms with Crippen molar-refractivity contribution in [1.29, 1.82) is 0 Å². The molecule has 1 aromatic carbocycles. The van der Waals surface area contributed by atoms with E-state index < -0.39 is 5.97 Å². The van der Waals surface area contributed by atoms with Gasteiger partial charge >= 0.3 is 5.97 Å². The van der Waals surface area contributed by atoms with Gasteiger partial charge in [0.05, 0.1) is 31.7 Å². The number of phenols is 1. The minimum absolute atomic E-state index is 0.0358. The third kappa shape index (κ3) is 4.16. The number of carboxylic acids is 1. The maximum atomic E-state index is 12.1. The molecule has 8 nitrogen and oxygen atoms in total. The highest BCUT2D eigenvalue weighted by Crippen LogP contribution is 2.38. The summed E-state index contributed by atoms with van der Waals surface area (Å²) in [6.07, 6.45) is 5.79. The first-order valence-electron chi connectivity index (χ1n) is 9.22. The molecule has 0 amide bonds. The molecule has 3 rings (SSSR count). The van der Waals surface area contributed by atoms with Gasteiger partial charge in [-0.25, -0.2) is 14.3 Å². The predicted molar refractivity (Wildman–Crippen MR) is 108 cm³/mol. The molecular formula is C21H23N3O5. The van der Waals surface area contributed by atoms with Crippen molar-refractivity contribution in [2.24, 2.45) is 0 Å². The molecule has 2 aromatic heterocycles. The van der Waals surface area contributed by atoms with E-state index in [0.717, 1.165) is 25.0 Å². The van der Waals surface area contributed by atoms with Crippen LogP contribution >= 0.6 is 0 Å². The van der Waals surface area contributed by atoms with Crippen LogP contribution in [0.5, 0.6) is 17.2 Å². The molecule has 0 radical (unpaired) electrons. The quantitative estimate of drug-likeness (QED) is 0.561. The van der Waals surface area contributed by atoms with E-state index in [1.165, 1.54) is 24.8 Å². The van der Waals surface area contributed by atoms with Crippen LogP contribution < -0.4 is 9.47 Å². The molecule has 0 bridgehead atoms. The topological polar surface area (TPSA) is 106 Å². The fourth-order valence-electron chi connectivity index (χ4n) is 3.05. The molecule has 29 heavy (non-hydrogen) atoms. The third-order valence-electron chi connectivity index (χ3n) is 4.52. The van der Waals surface area contributed by atoms with Crippen LogP contribution in [0, 0.1) is 0 Å². The molecule has 0 unspecified atom stereocenters. The number of ether oxygens (including phenoxy) is 2. The number of hydrogen-bond donors (Lipinski definition) is 2. The van der Waals surface area contributed by atoms with Gasteiger partial charge in [-0.15, -0.1) is 0 Å². The normalized spacial score (nSPS) is 11.6. The van der Waals surface area contributed by atoms with E-state index in [-0.39, 0.29) is 22.8 Å². The molecule has 0 aliphatic carbocycles. The fourth-order valence-corrected chi connectivity index (χ4v) is 3.05. The number of methoxy groups -OCH3 is 2. The van der Waals surface area contributed by atoms with E-state index in [4.69, 9.17) is 9.47 Å². The standard InChI is InChI=1S/C21H23N3O5/c1-4-5-6-14-12-16(24-19(23-14)7-8-22-24)15(21(26)27)9-13-10-17(28-2)20(25)18(11-13)29-3/h7-12,25H,4-6H2,1-3H3,(H,26,27). The fraction of sp³-hybridized carbons (Fsp3) is 0.286. The van der Waals surface area contributed by atoms with Gasteiger partial charge in [-0.05, 0) is 42.7 Å². The summed E-state index contributed by atoms with van der Waals surface area (Å²) >= 11 is 0. The molecule has 0 saturated carbocycles. The molecular weight excluding hydrogens is 374 g/mol. The van der Waals surface area contributed by atoms with Crippen LogP contribution in [0.2, 0.25) is 0 Å². The van der Waals surface area contributed by atoms with Gasteiger partial charge in [-0.3, -0.25) is 0 Å². The van der Waals surface area contributed by atoms with E-state index in [2.05, 4.69) is 17.0 Å². The number of aliphatic carboxylic acids is 1. The summed E-state index contributed by atoms with van der Waals surface area (Å²) < 4.78 is 11.8. The van der Waals surface area contributed by atoms with Crippen molar-refractivity contribution in [3.8, 4) is 17.2 Å². The molecule has 0 aliphatic rings. The minimum atomic E-state index is -1.11. The first-order chi connectivity index (χ1) is 14.0. The highest BCUT2D eigenvalue weighted by molar-refractivity contribution is 6.20. The summed E-state index contributed by atoms with van der Waals surface area (Å²) in [7, 11) is 2.83. The van der Waals surface area contributed by atoms with Crippen LogP contribution in [0.1, 0.15) is 36.7 Å². The number of benzene rings is 1. The molecule has 2 N–H and O–H groups in total. The summed E-state index contributed by atoms with van der Waals surface area (Å²) in [6, 6.07) is 6.58. The van der Waals surface area contributed by atoms with Crippen LogP contribution in [-0.2, 0) is 11.2 Å². The zero-order valence-corrected chi connectivity index (χ0v) is 16.5. The van der Waals surface area contributed by atoms with Gasteiger partial charge in [-0.2, -0.15) is 5.10 Å². The predicted octanol–water partition coefficient (Wildman–Crippen LogP) is 3.42. The van der Waals surface area contributed by atoms with E-state index in [1.54, 1.807) is 30.5 Å². The average Bonchev–Trinajstić information content (AvgIpc) is 3.19. The van der Waals surface area contributed by atoms with Crippen molar-refractivity contribution in [3.63, 3.8) is 0 Å². The van der Waals surface area contributed by atoms with E-state index in [9.17, 15) is 15.0 Å². The van der Waals surface area contributed by atoms with Gasteiger partial charge in [0.15, 0.2) is 17.1 Å². The second kappa shape index (κ2) is 8.64. The summed E-state index contributed by atoms with van der Waals surface area (Å²) in [5, 5.41) is 24.2. The molecule has 0 spiro atoms. The second-order valence-electron chi connectivity index (χ2n) is 6.47. The van der Waals surface area contributed by atoms with Crippen molar-refractivity contribution in [1.82, 2.24) is 14.6 Å². The Kier molecular flexibility index (Phi) is 6.01. The van der Waals surface area contributed by atoms with E-state index in [1.807, 2.05) is 0 Å². The van der Waals surface area contributed by atoms with Crippen molar-refractivity contribution < 1.29 is 24.5 Å². The van der Waals surface area contributed by atoms with Gasteiger partial charge in [0, 0.05) is 11.8 Å². The van der Waals surface area contributed by atoms with Crippen LogP contribution in [-0.4, -0.2) is 45.0 Å². The maximum Gasteiger partial charge on any atom is 0.337 e. The monoisotopic (exact) mass is 397 g/mol. The SMILES string of the molecule is CCCCc1cc(C(=Cc2cc(OC)c(O)c(OC)c2)C(=O)O)n2nccc2n1. The number of rotatable bonds is 8. The first-order valence-corrected chi connectivity index (χ1v) is 9.22. The molecule has 2 heterocycles. The molecule has 3 aromatic rings. The molecule has 152 valence electrons. The summed E-state index contributed by atoms with van der Waals surface area (Å²) in [5.74, 6) is -0.893. The van der Waals surface area contributed by atoms with Gasteiger partial charge in [0.2, 0.25) is 5.75 Å². The number of phenolic OH excluding ortho intramolecular Hbond substituents is 1. The zero-order chi connectivity index (χ0) is 21.0. The number of carboxylic acid groups (broad SMARTS) is 1. The number of carbonyl (C=O) groups is 1. The number of nitrogens with zero attached hydrogens (tertiary/aromatic N) is 3. The Balaban J connectivity index is 2.19. The first kappa shape index (κ1) is 20.2. The average molecular weight is 397 g/mol. The lowest BCUT2D eigenvalue weighted by atomic mass is 10.0. The molecule has 0 fully saturated rings. The van der Waals surface area contributed by atoms with Crippen molar-refractivity contribution in [2.45, 2.75) is 26.2 Å². The lowest BCUT2D eigenvalue weighted by Crippen LogP contribution is -2.09. The summed E-state index contributed by atoms with van der Waals surface area (Å²) in [5.41, 5.74) is 2.35. The summed E-state index contributed by atoms with van der Waals surface area (Å²) in [6.45, 7) is 2.09. The molecule has 0 aliphatic heterocycles. The van der Waals surface area contributed by atoms with Crippen LogP contribution in [0.25, 0.3) is 17.3 Å². The maximum absolute atomic E-state index is 12.1. The van der Waals surface area contributed by atoms with Crippen molar-refractivity contribution in [3.05, 3.63) is 47.4 Å². The lowest BCUT2D eigenvalue weighted by Gasteiger charge is -2.11. The smallest absolute Gasteiger partial charge is 0.337 e.